The summed E-state index contributed by atoms with van der Waals surface area (Å²) >= 11 is 0. The average molecular weight is 122 g/mol. The summed E-state index contributed by atoms with van der Waals surface area (Å²) in [6, 6.07) is 0. The van der Waals surface area contributed by atoms with Crippen LogP contribution in [0.15, 0.2) is 0 Å². The second kappa shape index (κ2) is 2.92. The summed E-state index contributed by atoms with van der Waals surface area (Å²) < 4.78 is 0. The lowest BCUT2D eigenvalue weighted by atomic mass is 9.83. The van der Waals surface area contributed by atoms with Crippen LogP contribution >= 0.6 is 0 Å². The summed E-state index contributed by atoms with van der Waals surface area (Å²) in [5, 5.41) is 0. The van der Waals surface area contributed by atoms with Gasteiger partial charge in [0, 0.05) is 5.92 Å². The van der Waals surface area contributed by atoms with Crippen molar-refractivity contribution in [2.75, 3.05) is 0 Å². The SMILES string of the molecule is C#C[C@@H]1CCC[C@H](C)C1. The number of rotatable bonds is 0. The summed E-state index contributed by atoms with van der Waals surface area (Å²) in [5.41, 5.74) is 0. The minimum atomic E-state index is 0.591. The Morgan fingerprint density at radius 3 is 2.67 bits per heavy atom. The van der Waals surface area contributed by atoms with Crippen LogP contribution in [0.4, 0.5) is 0 Å². The topological polar surface area (TPSA) is 0 Å². The van der Waals surface area contributed by atoms with E-state index in [1.54, 1.807) is 0 Å². The molecular weight excluding hydrogens is 108 g/mol. The van der Waals surface area contributed by atoms with Crippen molar-refractivity contribution in [2.45, 2.75) is 32.6 Å². The van der Waals surface area contributed by atoms with E-state index in [-0.39, 0.29) is 0 Å². The standard InChI is InChI=1S/C9H14/c1-3-9-6-4-5-8(2)7-9/h1,8-9H,4-7H2,2H3/t8-,9+/m0/s1. The van der Waals surface area contributed by atoms with Gasteiger partial charge in [0.1, 0.15) is 0 Å². The molecule has 2 atom stereocenters. The predicted molar refractivity (Wildman–Crippen MR) is 40.0 cm³/mol. The zero-order valence-electron chi connectivity index (χ0n) is 6.06. The van der Waals surface area contributed by atoms with E-state index < -0.39 is 0 Å². The lowest BCUT2D eigenvalue weighted by Gasteiger charge is -2.22. The first kappa shape index (κ1) is 6.68. The molecule has 1 aliphatic carbocycles. The minimum absolute atomic E-state index is 0.591. The second-order valence-corrected chi connectivity index (χ2v) is 3.14. The summed E-state index contributed by atoms with van der Waals surface area (Å²) in [4.78, 5) is 0. The Morgan fingerprint density at radius 2 is 2.22 bits per heavy atom. The van der Waals surface area contributed by atoms with E-state index in [4.69, 9.17) is 6.42 Å². The molecule has 0 aromatic carbocycles. The number of hydrogen-bond donors (Lipinski definition) is 0. The summed E-state index contributed by atoms with van der Waals surface area (Å²) in [6.45, 7) is 2.30. The number of hydrogen-bond acceptors (Lipinski definition) is 0. The minimum Gasteiger partial charge on any atom is -0.120 e. The molecular formula is C9H14. The normalized spacial score (nSPS) is 35.6. The fourth-order valence-electron chi connectivity index (χ4n) is 1.59. The highest BCUT2D eigenvalue weighted by Crippen LogP contribution is 2.27. The van der Waals surface area contributed by atoms with Crippen molar-refractivity contribution in [3.05, 3.63) is 0 Å². The molecule has 0 radical (unpaired) electrons. The van der Waals surface area contributed by atoms with Gasteiger partial charge in [-0.25, -0.2) is 0 Å². The highest BCUT2D eigenvalue weighted by atomic mass is 14.2. The Labute approximate surface area is 57.7 Å². The predicted octanol–water partition coefficient (Wildman–Crippen LogP) is 2.45. The summed E-state index contributed by atoms with van der Waals surface area (Å²) in [6.07, 6.45) is 10.6. The van der Waals surface area contributed by atoms with Crippen molar-refractivity contribution in [2.24, 2.45) is 11.8 Å². The Balaban J connectivity index is 2.34. The van der Waals surface area contributed by atoms with Crippen molar-refractivity contribution in [3.63, 3.8) is 0 Å². The third-order valence-electron chi connectivity index (χ3n) is 2.17. The van der Waals surface area contributed by atoms with Crippen LogP contribution < -0.4 is 0 Å². The van der Waals surface area contributed by atoms with Crippen LogP contribution in [-0.4, -0.2) is 0 Å². The maximum Gasteiger partial charge on any atom is 0.0202 e. The maximum atomic E-state index is 5.32. The molecule has 0 aliphatic heterocycles. The van der Waals surface area contributed by atoms with Gasteiger partial charge in [0.05, 0.1) is 0 Å². The summed E-state index contributed by atoms with van der Waals surface area (Å²) in [7, 11) is 0. The highest BCUT2D eigenvalue weighted by molar-refractivity contribution is 4.94. The van der Waals surface area contributed by atoms with Crippen LogP contribution in [0.2, 0.25) is 0 Å². The van der Waals surface area contributed by atoms with Gasteiger partial charge in [-0.15, -0.1) is 12.3 Å². The fraction of sp³-hybridized carbons (Fsp3) is 0.778. The molecule has 1 rings (SSSR count). The highest BCUT2D eigenvalue weighted by Gasteiger charge is 2.15. The van der Waals surface area contributed by atoms with Crippen molar-refractivity contribution in [3.8, 4) is 12.3 Å². The largest absolute Gasteiger partial charge is 0.120 e. The van der Waals surface area contributed by atoms with Crippen molar-refractivity contribution < 1.29 is 0 Å². The average Bonchev–Trinajstić information content (AvgIpc) is 1.88. The van der Waals surface area contributed by atoms with E-state index in [0.29, 0.717) is 5.92 Å². The molecule has 0 spiro atoms. The van der Waals surface area contributed by atoms with Gasteiger partial charge in [0.25, 0.3) is 0 Å². The van der Waals surface area contributed by atoms with Gasteiger partial charge < -0.3 is 0 Å². The Bertz CT molecular complexity index is 118. The molecule has 0 heterocycles. The van der Waals surface area contributed by atoms with Gasteiger partial charge in [-0.05, 0) is 18.8 Å². The molecule has 0 nitrogen and oxygen atoms in total. The van der Waals surface area contributed by atoms with E-state index in [2.05, 4.69) is 12.8 Å². The van der Waals surface area contributed by atoms with Gasteiger partial charge >= 0.3 is 0 Å². The first-order valence-corrected chi connectivity index (χ1v) is 3.79. The van der Waals surface area contributed by atoms with Crippen LogP contribution in [0, 0.1) is 24.2 Å². The van der Waals surface area contributed by atoms with Gasteiger partial charge in [0.15, 0.2) is 0 Å². The molecule has 0 amide bonds. The Morgan fingerprint density at radius 1 is 1.44 bits per heavy atom. The van der Waals surface area contributed by atoms with Crippen molar-refractivity contribution in [1.29, 1.82) is 0 Å². The van der Waals surface area contributed by atoms with Crippen LogP contribution in [-0.2, 0) is 0 Å². The Kier molecular flexibility index (Phi) is 2.16. The summed E-state index contributed by atoms with van der Waals surface area (Å²) in [5.74, 6) is 4.30. The molecule has 0 unspecified atom stereocenters. The molecule has 0 N–H and O–H groups in total. The second-order valence-electron chi connectivity index (χ2n) is 3.14. The molecule has 50 valence electrons. The molecule has 0 aromatic heterocycles. The first-order chi connectivity index (χ1) is 4.33. The van der Waals surface area contributed by atoms with Gasteiger partial charge in [-0.2, -0.15) is 0 Å². The van der Waals surface area contributed by atoms with E-state index in [9.17, 15) is 0 Å². The lowest BCUT2D eigenvalue weighted by Crippen LogP contribution is -2.10. The lowest BCUT2D eigenvalue weighted by molar-refractivity contribution is 0.333. The Hall–Kier alpha value is -0.440. The van der Waals surface area contributed by atoms with E-state index in [1.807, 2.05) is 0 Å². The third kappa shape index (κ3) is 1.75. The van der Waals surface area contributed by atoms with E-state index >= 15 is 0 Å². The molecule has 0 aromatic rings. The number of terminal acetylenes is 1. The van der Waals surface area contributed by atoms with Crippen LogP contribution in [0.1, 0.15) is 32.6 Å². The van der Waals surface area contributed by atoms with Crippen LogP contribution in [0.5, 0.6) is 0 Å². The van der Waals surface area contributed by atoms with E-state index in [1.165, 1.54) is 25.7 Å². The van der Waals surface area contributed by atoms with Crippen molar-refractivity contribution >= 4 is 0 Å². The molecule has 9 heavy (non-hydrogen) atoms. The van der Waals surface area contributed by atoms with Gasteiger partial charge in [-0.1, -0.05) is 19.8 Å². The van der Waals surface area contributed by atoms with Crippen LogP contribution in [0.3, 0.4) is 0 Å². The molecule has 1 saturated carbocycles. The fourth-order valence-corrected chi connectivity index (χ4v) is 1.59. The smallest absolute Gasteiger partial charge is 0.0202 e. The van der Waals surface area contributed by atoms with E-state index in [0.717, 1.165) is 5.92 Å². The zero-order valence-corrected chi connectivity index (χ0v) is 6.06. The van der Waals surface area contributed by atoms with Crippen molar-refractivity contribution in [1.82, 2.24) is 0 Å². The quantitative estimate of drug-likeness (QED) is 0.433. The molecule has 0 saturated heterocycles. The molecule has 1 aliphatic rings. The van der Waals surface area contributed by atoms with Gasteiger partial charge in [0.2, 0.25) is 0 Å². The van der Waals surface area contributed by atoms with Crippen LogP contribution in [0.25, 0.3) is 0 Å². The van der Waals surface area contributed by atoms with Gasteiger partial charge in [-0.3, -0.25) is 0 Å². The monoisotopic (exact) mass is 122 g/mol. The molecule has 1 fully saturated rings. The maximum absolute atomic E-state index is 5.32. The molecule has 0 heteroatoms. The molecule has 0 bridgehead atoms. The first-order valence-electron chi connectivity index (χ1n) is 3.79. The zero-order chi connectivity index (χ0) is 6.69. The third-order valence-corrected chi connectivity index (χ3v) is 2.17.